The van der Waals surface area contributed by atoms with Crippen molar-refractivity contribution in [2.24, 2.45) is 0 Å². The molecular weight excluding hydrogens is 340 g/mol. The Labute approximate surface area is 159 Å². The van der Waals surface area contributed by atoms with Gasteiger partial charge >= 0.3 is 0 Å². The molecule has 3 heterocycles. The molecule has 0 spiro atoms. The molecule has 0 saturated carbocycles. The predicted molar refractivity (Wildman–Crippen MR) is 105 cm³/mol. The van der Waals surface area contributed by atoms with Gasteiger partial charge in [-0.25, -0.2) is 0 Å². The Bertz CT molecular complexity index is 911. The highest BCUT2D eigenvalue weighted by Crippen LogP contribution is 2.25. The normalized spacial score (nSPS) is 20.4. The van der Waals surface area contributed by atoms with Crippen molar-refractivity contribution in [3.05, 3.63) is 53.9 Å². The van der Waals surface area contributed by atoms with Gasteiger partial charge in [-0.3, -0.25) is 4.90 Å². The van der Waals surface area contributed by atoms with E-state index in [9.17, 15) is 5.11 Å². The molecular formula is C20H26N6O. The summed E-state index contributed by atoms with van der Waals surface area (Å²) in [4.78, 5) is 4.33. The Morgan fingerprint density at radius 1 is 1.15 bits per heavy atom. The number of aliphatic hydroxyl groups is 1. The molecule has 7 heteroatoms. The number of aromatic nitrogens is 4. The molecule has 1 N–H and O–H groups in total. The highest BCUT2D eigenvalue weighted by Gasteiger charge is 2.37. The molecule has 1 aliphatic rings. The molecule has 2 aromatic heterocycles. The number of hydrogen-bond donors (Lipinski definition) is 1. The second kappa shape index (κ2) is 7.25. The van der Waals surface area contributed by atoms with E-state index in [4.69, 9.17) is 0 Å². The van der Waals surface area contributed by atoms with Crippen LogP contribution >= 0.6 is 0 Å². The van der Waals surface area contributed by atoms with E-state index in [1.165, 1.54) is 5.56 Å². The molecule has 1 fully saturated rings. The van der Waals surface area contributed by atoms with Gasteiger partial charge < -0.3 is 10.0 Å². The molecule has 7 nitrogen and oxygen atoms in total. The van der Waals surface area contributed by atoms with Crippen LogP contribution in [0.3, 0.4) is 0 Å². The Kier molecular flexibility index (Phi) is 4.80. The molecule has 142 valence electrons. The second-order valence-corrected chi connectivity index (χ2v) is 7.46. The maximum atomic E-state index is 11.1. The number of rotatable bonds is 6. The van der Waals surface area contributed by atoms with Gasteiger partial charge in [-0.2, -0.15) is 4.52 Å². The van der Waals surface area contributed by atoms with Crippen molar-refractivity contribution < 1.29 is 5.11 Å². The third kappa shape index (κ3) is 3.79. The number of fused-ring (bicyclic) bond motifs is 1. The minimum absolute atomic E-state index is 0.542. The number of aryl methyl sites for hydroxylation is 1. The van der Waals surface area contributed by atoms with E-state index >= 15 is 0 Å². The molecule has 0 aliphatic carbocycles. The van der Waals surface area contributed by atoms with Crippen molar-refractivity contribution in [1.82, 2.24) is 24.7 Å². The lowest BCUT2D eigenvalue weighted by atomic mass is 10.0. The molecule has 27 heavy (non-hydrogen) atoms. The minimum Gasteiger partial charge on any atom is -0.387 e. The average molecular weight is 366 g/mol. The first-order valence-corrected chi connectivity index (χ1v) is 9.47. The molecule has 0 radical (unpaired) electrons. The third-order valence-electron chi connectivity index (χ3n) is 5.21. The van der Waals surface area contributed by atoms with Gasteiger partial charge in [-0.15, -0.1) is 15.3 Å². The summed E-state index contributed by atoms with van der Waals surface area (Å²) in [5, 5.41) is 24.1. The van der Waals surface area contributed by atoms with Crippen LogP contribution in [0.5, 0.6) is 0 Å². The first kappa shape index (κ1) is 17.9. The van der Waals surface area contributed by atoms with Crippen molar-refractivity contribution in [3.8, 4) is 0 Å². The Balaban J connectivity index is 1.43. The molecule has 1 atom stereocenters. The van der Waals surface area contributed by atoms with Gasteiger partial charge in [-0.05, 0) is 24.1 Å². The molecule has 1 saturated heterocycles. The van der Waals surface area contributed by atoms with Crippen molar-refractivity contribution in [3.63, 3.8) is 0 Å². The monoisotopic (exact) mass is 366 g/mol. The number of hydrogen-bond acceptors (Lipinski definition) is 6. The summed E-state index contributed by atoms with van der Waals surface area (Å²) >= 11 is 0. The zero-order chi connectivity index (χ0) is 18.9. The number of β-amino-alcohol motifs (C(OH)–C–C–N with tert-alkyl or cyclic N) is 1. The number of nitrogens with zero attached hydrogens (tertiary/aromatic N) is 6. The van der Waals surface area contributed by atoms with Gasteiger partial charge in [0.1, 0.15) is 5.82 Å². The smallest absolute Gasteiger partial charge is 0.178 e. The number of anilines is 1. The van der Waals surface area contributed by atoms with Gasteiger partial charge in [0.25, 0.3) is 0 Å². The number of benzene rings is 1. The molecule has 4 rings (SSSR count). The quantitative estimate of drug-likeness (QED) is 0.717. The van der Waals surface area contributed by atoms with Crippen LogP contribution in [0.15, 0.2) is 42.5 Å². The van der Waals surface area contributed by atoms with Gasteiger partial charge in [-0.1, -0.05) is 37.3 Å². The van der Waals surface area contributed by atoms with Gasteiger partial charge in [0.15, 0.2) is 11.5 Å². The Morgan fingerprint density at radius 3 is 2.74 bits per heavy atom. The van der Waals surface area contributed by atoms with Crippen molar-refractivity contribution >= 4 is 11.5 Å². The van der Waals surface area contributed by atoms with E-state index in [1.807, 2.05) is 37.1 Å². The summed E-state index contributed by atoms with van der Waals surface area (Å²) in [6.07, 6.45) is 1.54. The van der Waals surface area contributed by atoms with E-state index < -0.39 is 5.60 Å². The van der Waals surface area contributed by atoms with Crippen LogP contribution in [0, 0.1) is 0 Å². The maximum Gasteiger partial charge on any atom is 0.178 e. The highest BCUT2D eigenvalue weighted by atomic mass is 16.3. The van der Waals surface area contributed by atoms with E-state index in [-0.39, 0.29) is 0 Å². The van der Waals surface area contributed by atoms with Gasteiger partial charge in [0.05, 0.1) is 5.60 Å². The topological polar surface area (TPSA) is 69.8 Å². The largest absolute Gasteiger partial charge is 0.387 e. The molecule has 1 aliphatic heterocycles. The fraction of sp³-hybridized carbons (Fsp3) is 0.450. The molecule has 0 amide bonds. The predicted octanol–water partition coefficient (Wildman–Crippen LogP) is 1.76. The SMILES string of the molecule is CCc1nnc2ccc(N(C)CC3(O)CCN(Cc4ccccc4)C3)nn12. The Hall–Kier alpha value is -2.51. The zero-order valence-corrected chi connectivity index (χ0v) is 15.9. The van der Waals surface area contributed by atoms with Gasteiger partial charge in [0, 0.05) is 39.6 Å². The van der Waals surface area contributed by atoms with E-state index in [0.717, 1.165) is 43.2 Å². The lowest BCUT2D eigenvalue weighted by Gasteiger charge is -2.29. The van der Waals surface area contributed by atoms with Crippen LogP contribution < -0.4 is 4.90 Å². The molecule has 1 aromatic carbocycles. The molecule has 3 aromatic rings. The standard InChI is InChI=1S/C20H26N6O/c1-3-17-21-22-18-9-10-19(23-26(17)18)24(2)14-20(27)11-12-25(15-20)13-16-7-5-4-6-8-16/h4-10,27H,3,11-15H2,1-2H3. The summed E-state index contributed by atoms with van der Waals surface area (Å²) in [6, 6.07) is 14.3. The van der Waals surface area contributed by atoms with E-state index in [0.29, 0.717) is 13.1 Å². The maximum absolute atomic E-state index is 11.1. The van der Waals surface area contributed by atoms with Crippen LogP contribution in [0.25, 0.3) is 5.65 Å². The third-order valence-corrected chi connectivity index (χ3v) is 5.21. The number of likely N-dealkylation sites (N-methyl/N-ethyl adjacent to an activating group) is 1. The van der Waals surface area contributed by atoms with E-state index in [1.54, 1.807) is 4.52 Å². The number of likely N-dealkylation sites (tertiary alicyclic amines) is 1. The van der Waals surface area contributed by atoms with Gasteiger partial charge in [0.2, 0.25) is 0 Å². The lowest BCUT2D eigenvalue weighted by Crippen LogP contribution is -2.44. The second-order valence-electron chi connectivity index (χ2n) is 7.46. The summed E-state index contributed by atoms with van der Waals surface area (Å²) in [6.45, 7) is 5.02. The first-order valence-electron chi connectivity index (χ1n) is 9.47. The highest BCUT2D eigenvalue weighted by molar-refractivity contribution is 5.45. The van der Waals surface area contributed by atoms with Crippen LogP contribution in [0.2, 0.25) is 0 Å². The summed E-state index contributed by atoms with van der Waals surface area (Å²) in [5.74, 6) is 1.65. The summed E-state index contributed by atoms with van der Waals surface area (Å²) in [7, 11) is 1.97. The van der Waals surface area contributed by atoms with E-state index in [2.05, 4.69) is 44.5 Å². The van der Waals surface area contributed by atoms with Crippen LogP contribution in [0.1, 0.15) is 24.7 Å². The minimum atomic E-state index is -0.735. The lowest BCUT2D eigenvalue weighted by molar-refractivity contribution is 0.0560. The molecule has 1 unspecified atom stereocenters. The van der Waals surface area contributed by atoms with Crippen LogP contribution in [-0.4, -0.2) is 62.1 Å². The Morgan fingerprint density at radius 2 is 1.96 bits per heavy atom. The van der Waals surface area contributed by atoms with Crippen LogP contribution in [-0.2, 0) is 13.0 Å². The fourth-order valence-corrected chi connectivity index (χ4v) is 3.82. The van der Waals surface area contributed by atoms with Crippen molar-refractivity contribution in [2.75, 3.05) is 31.6 Å². The van der Waals surface area contributed by atoms with Crippen LogP contribution in [0.4, 0.5) is 5.82 Å². The first-order chi connectivity index (χ1) is 13.1. The van der Waals surface area contributed by atoms with Crippen molar-refractivity contribution in [2.45, 2.75) is 31.9 Å². The summed E-state index contributed by atoms with van der Waals surface area (Å²) in [5.41, 5.74) is 1.29. The molecule has 0 bridgehead atoms. The van der Waals surface area contributed by atoms with Crippen molar-refractivity contribution in [1.29, 1.82) is 0 Å². The average Bonchev–Trinajstić information content (AvgIpc) is 3.25. The zero-order valence-electron chi connectivity index (χ0n) is 15.9. The fourth-order valence-electron chi connectivity index (χ4n) is 3.82. The summed E-state index contributed by atoms with van der Waals surface area (Å²) < 4.78 is 1.78.